The van der Waals surface area contributed by atoms with Crippen LogP contribution in [0.4, 0.5) is 5.69 Å². The van der Waals surface area contributed by atoms with Crippen LogP contribution >= 0.6 is 0 Å². The van der Waals surface area contributed by atoms with E-state index in [1.165, 1.54) is 0 Å². The van der Waals surface area contributed by atoms with Crippen molar-refractivity contribution in [2.75, 3.05) is 25.0 Å². The van der Waals surface area contributed by atoms with Crippen LogP contribution in [-0.4, -0.2) is 30.7 Å². The molecule has 0 aliphatic rings. The van der Waals surface area contributed by atoms with Crippen LogP contribution in [0.2, 0.25) is 0 Å². The Balaban J connectivity index is 0.00000256. The number of carbonyl (C=O) groups is 1. The van der Waals surface area contributed by atoms with Gasteiger partial charge in [-0.25, -0.2) is 0 Å². The number of aliphatic hydroxyl groups excluding tert-OH is 1. The smallest absolute Gasteiger partial charge is 0.279 e. The van der Waals surface area contributed by atoms with Crippen LogP contribution in [0.3, 0.4) is 0 Å². The van der Waals surface area contributed by atoms with Crippen molar-refractivity contribution in [1.29, 1.82) is 0 Å². The molecule has 4 nitrogen and oxygen atoms in total. The van der Waals surface area contributed by atoms with E-state index in [1.807, 2.05) is 32.0 Å². The molecule has 0 fully saturated rings. The summed E-state index contributed by atoms with van der Waals surface area (Å²) in [5.41, 5.74) is 3.02. The van der Waals surface area contributed by atoms with Crippen molar-refractivity contribution >= 4 is 11.6 Å². The maximum absolute atomic E-state index is 11.6. The summed E-state index contributed by atoms with van der Waals surface area (Å²) in [5.74, 6) is -0.0362. The molecular formula is C12H19ClN2O2. The Morgan fingerprint density at radius 2 is 1.94 bits per heavy atom. The molecule has 0 unspecified atom stereocenters. The normalized spacial score (nSPS) is 9.59. The van der Waals surface area contributed by atoms with Crippen molar-refractivity contribution in [3.63, 3.8) is 0 Å². The molecule has 0 aliphatic carbocycles. The lowest BCUT2D eigenvalue weighted by atomic mass is 10.1. The van der Waals surface area contributed by atoms with Gasteiger partial charge in [-0.1, -0.05) is 18.2 Å². The molecule has 4 N–H and O–H groups in total. The zero-order valence-corrected chi connectivity index (χ0v) is 10.9. The van der Waals surface area contributed by atoms with E-state index in [2.05, 4.69) is 5.32 Å². The molecule has 0 radical (unpaired) electrons. The molecule has 1 amide bonds. The highest BCUT2D eigenvalue weighted by molar-refractivity contribution is 5.92. The van der Waals surface area contributed by atoms with E-state index in [0.717, 1.165) is 16.8 Å². The van der Waals surface area contributed by atoms with Gasteiger partial charge in [-0.05, 0) is 25.0 Å². The summed E-state index contributed by atoms with van der Waals surface area (Å²) in [6.45, 7) is 4.94. The molecule has 0 heterocycles. The highest BCUT2D eigenvalue weighted by atomic mass is 35.5. The average molecular weight is 259 g/mol. The first-order chi connectivity index (χ1) is 7.65. The third kappa shape index (κ3) is 5.17. The first kappa shape index (κ1) is 15.9. The molecule has 0 bridgehead atoms. The molecule has 0 aromatic heterocycles. The summed E-state index contributed by atoms with van der Waals surface area (Å²) in [6.07, 6.45) is 0. The number of halogens is 1. The number of nitrogens with one attached hydrogen (secondary N) is 1. The molecule has 17 heavy (non-hydrogen) atoms. The van der Waals surface area contributed by atoms with E-state index >= 15 is 0 Å². The summed E-state index contributed by atoms with van der Waals surface area (Å²) >= 11 is 0. The van der Waals surface area contributed by atoms with Crippen molar-refractivity contribution < 1.29 is 27.6 Å². The summed E-state index contributed by atoms with van der Waals surface area (Å²) in [6, 6.07) is 5.91. The Bertz CT molecular complexity index is 349. The highest BCUT2D eigenvalue weighted by Gasteiger charge is 2.07. The minimum Gasteiger partial charge on any atom is -1.00 e. The van der Waals surface area contributed by atoms with Crippen molar-refractivity contribution in [1.82, 2.24) is 0 Å². The topological polar surface area (TPSA) is 65.9 Å². The van der Waals surface area contributed by atoms with Gasteiger partial charge in [0.05, 0.1) is 13.2 Å². The van der Waals surface area contributed by atoms with Crippen molar-refractivity contribution in [2.24, 2.45) is 0 Å². The average Bonchev–Trinajstić information content (AvgIpc) is 2.24. The Hall–Kier alpha value is -1.10. The van der Waals surface area contributed by atoms with Crippen LogP contribution in [-0.2, 0) is 4.79 Å². The van der Waals surface area contributed by atoms with E-state index in [1.54, 1.807) is 5.32 Å². The predicted molar refractivity (Wildman–Crippen MR) is 63.3 cm³/mol. The largest absolute Gasteiger partial charge is 1.00 e. The lowest BCUT2D eigenvalue weighted by Crippen LogP contribution is -3.00. The van der Waals surface area contributed by atoms with E-state index in [4.69, 9.17) is 5.11 Å². The van der Waals surface area contributed by atoms with Gasteiger partial charge in [0, 0.05) is 5.69 Å². The van der Waals surface area contributed by atoms with Crippen LogP contribution in [0.25, 0.3) is 0 Å². The van der Waals surface area contributed by atoms with Gasteiger partial charge < -0.3 is 28.1 Å². The van der Waals surface area contributed by atoms with Crippen molar-refractivity contribution in [3.8, 4) is 0 Å². The molecule has 0 aliphatic heterocycles. The van der Waals surface area contributed by atoms with Crippen LogP contribution in [0.15, 0.2) is 18.2 Å². The zero-order chi connectivity index (χ0) is 12.0. The Morgan fingerprint density at radius 1 is 1.35 bits per heavy atom. The lowest BCUT2D eigenvalue weighted by molar-refractivity contribution is -0.644. The number of nitrogens with two attached hydrogens (primary N) is 1. The number of rotatable bonds is 5. The first-order valence-electron chi connectivity index (χ1n) is 5.43. The number of carbonyl (C=O) groups excluding carboxylic acids is 1. The van der Waals surface area contributed by atoms with E-state index in [0.29, 0.717) is 13.1 Å². The predicted octanol–water partition coefficient (Wildman–Crippen LogP) is -3.20. The standard InChI is InChI=1S/C12H18N2O2.ClH/c1-9-4-3-5-10(2)12(9)14-11(16)8-13-6-7-15;/h3-5,13,15H,6-8H2,1-2H3,(H,14,16);1H. The minimum absolute atomic E-state index is 0. The van der Waals surface area contributed by atoms with Crippen LogP contribution in [0.1, 0.15) is 11.1 Å². The number of benzene rings is 1. The molecule has 96 valence electrons. The third-order valence-corrected chi connectivity index (χ3v) is 2.41. The van der Waals surface area contributed by atoms with E-state index in [-0.39, 0.29) is 24.9 Å². The van der Waals surface area contributed by atoms with Gasteiger partial charge in [-0.15, -0.1) is 0 Å². The lowest BCUT2D eigenvalue weighted by Gasteiger charge is -2.10. The van der Waals surface area contributed by atoms with Gasteiger partial charge in [-0.2, -0.15) is 0 Å². The quantitative estimate of drug-likeness (QED) is 0.487. The highest BCUT2D eigenvalue weighted by Crippen LogP contribution is 2.18. The second kappa shape index (κ2) is 8.06. The van der Waals surface area contributed by atoms with Gasteiger partial charge in [0.25, 0.3) is 5.91 Å². The van der Waals surface area contributed by atoms with Gasteiger partial charge in [0.2, 0.25) is 0 Å². The van der Waals surface area contributed by atoms with Crippen LogP contribution in [0.5, 0.6) is 0 Å². The number of aliphatic hydroxyl groups is 1. The second-order valence-electron chi connectivity index (χ2n) is 3.82. The van der Waals surface area contributed by atoms with Crippen molar-refractivity contribution in [3.05, 3.63) is 29.3 Å². The van der Waals surface area contributed by atoms with Crippen LogP contribution < -0.4 is 23.0 Å². The molecule has 0 spiro atoms. The summed E-state index contributed by atoms with van der Waals surface area (Å²) in [5, 5.41) is 13.3. The fourth-order valence-corrected chi connectivity index (χ4v) is 1.53. The zero-order valence-electron chi connectivity index (χ0n) is 10.2. The minimum atomic E-state index is -0.0362. The van der Waals surface area contributed by atoms with E-state index < -0.39 is 0 Å². The summed E-state index contributed by atoms with van der Waals surface area (Å²) in [4.78, 5) is 11.6. The monoisotopic (exact) mass is 258 g/mol. The number of hydrogen-bond acceptors (Lipinski definition) is 2. The summed E-state index contributed by atoms with van der Waals surface area (Å²) in [7, 11) is 0. The number of amides is 1. The molecule has 1 rings (SSSR count). The number of hydrogen-bond donors (Lipinski definition) is 3. The molecule has 5 heteroatoms. The SMILES string of the molecule is Cc1cccc(C)c1NC(=O)C[NH2+]CCO.[Cl-]. The summed E-state index contributed by atoms with van der Waals surface area (Å²) < 4.78 is 0. The fraction of sp³-hybridized carbons (Fsp3) is 0.417. The molecule has 1 aromatic rings. The second-order valence-corrected chi connectivity index (χ2v) is 3.82. The number of anilines is 1. The number of aryl methyl sites for hydroxylation is 2. The molecule has 0 atom stereocenters. The van der Waals surface area contributed by atoms with E-state index in [9.17, 15) is 4.79 Å². The maximum atomic E-state index is 11.6. The maximum Gasteiger partial charge on any atom is 0.279 e. The van der Waals surface area contributed by atoms with Gasteiger partial charge in [0.1, 0.15) is 0 Å². The molecule has 1 aromatic carbocycles. The number of para-hydroxylation sites is 1. The van der Waals surface area contributed by atoms with Gasteiger partial charge >= 0.3 is 0 Å². The Labute approximate surface area is 108 Å². The number of quaternary nitrogens is 1. The van der Waals surface area contributed by atoms with Crippen molar-refractivity contribution in [2.45, 2.75) is 13.8 Å². The van der Waals surface area contributed by atoms with Gasteiger partial charge in [0.15, 0.2) is 6.54 Å². The van der Waals surface area contributed by atoms with Gasteiger partial charge in [-0.3, -0.25) is 4.79 Å². The fourth-order valence-electron chi connectivity index (χ4n) is 1.53. The molecular weight excluding hydrogens is 240 g/mol. The molecule has 0 saturated carbocycles. The Kier molecular flexibility index (Phi) is 7.54. The molecule has 0 saturated heterocycles. The Morgan fingerprint density at radius 3 is 2.47 bits per heavy atom. The third-order valence-electron chi connectivity index (χ3n) is 2.41. The first-order valence-corrected chi connectivity index (χ1v) is 5.43. The van der Waals surface area contributed by atoms with Crippen LogP contribution in [0, 0.1) is 13.8 Å².